The molecular formula is C17H18N2O2. The Hall–Kier alpha value is -2.23. The van der Waals surface area contributed by atoms with Gasteiger partial charge in [0.2, 0.25) is 0 Å². The van der Waals surface area contributed by atoms with Gasteiger partial charge in [-0.2, -0.15) is 0 Å². The number of hydrogen-bond donors (Lipinski definition) is 0. The molecule has 108 valence electrons. The molecule has 0 amide bonds. The van der Waals surface area contributed by atoms with Gasteiger partial charge in [0, 0.05) is 0 Å². The number of carbonyl (C=O) groups excluding carboxylic acids is 1. The number of aryl methyl sites for hydroxylation is 2. The molecule has 1 saturated carbocycles. The van der Waals surface area contributed by atoms with E-state index in [0.717, 1.165) is 41.8 Å². The minimum Gasteiger partial charge on any atom is -0.485 e. The Morgan fingerprint density at radius 3 is 2.71 bits per heavy atom. The topological polar surface area (TPSA) is 52.1 Å². The van der Waals surface area contributed by atoms with Crippen LogP contribution in [-0.4, -0.2) is 16.3 Å². The molecular weight excluding hydrogens is 264 g/mol. The van der Waals surface area contributed by atoms with E-state index < -0.39 is 0 Å². The summed E-state index contributed by atoms with van der Waals surface area (Å²) >= 11 is 0. The van der Waals surface area contributed by atoms with Gasteiger partial charge in [-0.3, -0.25) is 0 Å². The summed E-state index contributed by atoms with van der Waals surface area (Å²) in [7, 11) is 0. The third-order valence-corrected chi connectivity index (χ3v) is 4.01. The number of aldehydes is 1. The van der Waals surface area contributed by atoms with Crippen LogP contribution in [0.15, 0.2) is 30.5 Å². The van der Waals surface area contributed by atoms with E-state index in [1.807, 2.05) is 38.1 Å². The second kappa shape index (κ2) is 5.28. The van der Waals surface area contributed by atoms with Crippen LogP contribution < -0.4 is 4.74 Å². The van der Waals surface area contributed by atoms with Crippen molar-refractivity contribution in [2.45, 2.75) is 38.7 Å². The number of rotatable bonds is 5. The fourth-order valence-corrected chi connectivity index (χ4v) is 2.59. The van der Waals surface area contributed by atoms with Crippen LogP contribution in [0.25, 0.3) is 0 Å². The van der Waals surface area contributed by atoms with E-state index in [4.69, 9.17) is 4.74 Å². The lowest BCUT2D eigenvalue weighted by molar-refractivity contribution is -0.109. The number of hydrogen-bond acceptors (Lipinski definition) is 4. The smallest absolute Gasteiger partial charge is 0.159 e. The fourth-order valence-electron chi connectivity index (χ4n) is 2.59. The van der Waals surface area contributed by atoms with Gasteiger partial charge in [0.1, 0.15) is 18.7 Å². The highest BCUT2D eigenvalue weighted by Gasteiger charge is 2.45. The Bertz CT molecular complexity index is 678. The number of ether oxygens (including phenoxy) is 1. The molecule has 1 aliphatic carbocycles. The molecule has 0 atom stereocenters. The molecule has 0 radical (unpaired) electrons. The first-order valence-corrected chi connectivity index (χ1v) is 7.12. The molecule has 1 aliphatic rings. The Morgan fingerprint density at radius 2 is 2.05 bits per heavy atom. The molecule has 1 fully saturated rings. The first kappa shape index (κ1) is 13.7. The van der Waals surface area contributed by atoms with Crippen molar-refractivity contribution in [3.8, 4) is 5.75 Å². The Balaban J connectivity index is 1.81. The summed E-state index contributed by atoms with van der Waals surface area (Å²) in [5.74, 6) is 1.42. The summed E-state index contributed by atoms with van der Waals surface area (Å²) in [5.41, 5.74) is 2.70. The average molecular weight is 282 g/mol. The van der Waals surface area contributed by atoms with E-state index in [2.05, 4.69) is 9.97 Å². The van der Waals surface area contributed by atoms with E-state index >= 15 is 0 Å². The second-order valence-electron chi connectivity index (χ2n) is 5.59. The van der Waals surface area contributed by atoms with E-state index in [-0.39, 0.29) is 5.41 Å². The predicted octanol–water partition coefficient (Wildman–Crippen LogP) is 2.90. The maximum atomic E-state index is 11.3. The molecule has 3 rings (SSSR count). The summed E-state index contributed by atoms with van der Waals surface area (Å²) < 4.78 is 5.85. The van der Waals surface area contributed by atoms with Gasteiger partial charge in [-0.15, -0.1) is 0 Å². The SMILES string of the molecule is Cc1ncc(OCc2ccccc2C2(C=O)CC2)c(C)n1. The summed E-state index contributed by atoms with van der Waals surface area (Å²) in [6, 6.07) is 7.99. The highest BCUT2D eigenvalue weighted by molar-refractivity contribution is 5.74. The highest BCUT2D eigenvalue weighted by Crippen LogP contribution is 2.47. The van der Waals surface area contributed by atoms with E-state index in [1.54, 1.807) is 6.20 Å². The maximum absolute atomic E-state index is 11.3. The molecule has 4 heteroatoms. The van der Waals surface area contributed by atoms with Crippen molar-refractivity contribution < 1.29 is 9.53 Å². The lowest BCUT2D eigenvalue weighted by Crippen LogP contribution is -2.12. The summed E-state index contributed by atoms with van der Waals surface area (Å²) in [6.45, 7) is 4.19. The fraction of sp³-hybridized carbons (Fsp3) is 0.353. The summed E-state index contributed by atoms with van der Waals surface area (Å²) in [4.78, 5) is 19.8. The molecule has 0 saturated heterocycles. The average Bonchev–Trinajstić information content (AvgIpc) is 3.28. The standard InChI is InChI=1S/C17H18N2O2/c1-12-16(9-18-13(2)19-12)21-10-14-5-3-4-6-15(14)17(11-20)7-8-17/h3-6,9,11H,7-8,10H2,1-2H3. The summed E-state index contributed by atoms with van der Waals surface area (Å²) in [6.07, 6.45) is 4.64. The Kier molecular flexibility index (Phi) is 3.45. The number of carbonyl (C=O) groups is 1. The van der Waals surface area contributed by atoms with Gasteiger partial charge in [0.25, 0.3) is 0 Å². The van der Waals surface area contributed by atoms with Gasteiger partial charge in [-0.1, -0.05) is 24.3 Å². The van der Waals surface area contributed by atoms with E-state index in [0.29, 0.717) is 12.4 Å². The second-order valence-corrected chi connectivity index (χ2v) is 5.59. The lowest BCUT2D eigenvalue weighted by Gasteiger charge is -2.15. The highest BCUT2D eigenvalue weighted by atomic mass is 16.5. The van der Waals surface area contributed by atoms with Crippen LogP contribution in [-0.2, 0) is 16.8 Å². The molecule has 2 aromatic rings. The van der Waals surface area contributed by atoms with E-state index in [1.165, 1.54) is 0 Å². The van der Waals surface area contributed by atoms with Crippen LogP contribution in [0.4, 0.5) is 0 Å². The van der Waals surface area contributed by atoms with Gasteiger partial charge >= 0.3 is 0 Å². The third kappa shape index (κ3) is 2.66. The van der Waals surface area contributed by atoms with Crippen LogP contribution in [0.2, 0.25) is 0 Å². The zero-order valence-electron chi connectivity index (χ0n) is 12.3. The minimum absolute atomic E-state index is 0.279. The molecule has 0 unspecified atom stereocenters. The van der Waals surface area contributed by atoms with Gasteiger partial charge in [0.15, 0.2) is 5.75 Å². The number of aromatic nitrogens is 2. The van der Waals surface area contributed by atoms with Crippen LogP contribution in [0.5, 0.6) is 5.75 Å². The minimum atomic E-state index is -0.279. The number of nitrogens with zero attached hydrogens (tertiary/aromatic N) is 2. The summed E-state index contributed by atoms with van der Waals surface area (Å²) in [5, 5.41) is 0. The van der Waals surface area contributed by atoms with Crippen molar-refractivity contribution in [1.82, 2.24) is 9.97 Å². The monoisotopic (exact) mass is 282 g/mol. The van der Waals surface area contributed by atoms with Crippen molar-refractivity contribution in [1.29, 1.82) is 0 Å². The molecule has 1 aromatic heterocycles. The van der Waals surface area contributed by atoms with Gasteiger partial charge in [-0.25, -0.2) is 9.97 Å². The lowest BCUT2D eigenvalue weighted by atomic mass is 9.93. The Morgan fingerprint density at radius 1 is 1.29 bits per heavy atom. The van der Waals surface area contributed by atoms with E-state index in [9.17, 15) is 4.79 Å². The van der Waals surface area contributed by atoms with Crippen LogP contribution in [0.3, 0.4) is 0 Å². The molecule has 0 aliphatic heterocycles. The largest absolute Gasteiger partial charge is 0.485 e. The number of benzene rings is 1. The van der Waals surface area contributed by atoms with Gasteiger partial charge in [-0.05, 0) is 37.8 Å². The zero-order chi connectivity index (χ0) is 14.9. The normalized spacial score (nSPS) is 15.5. The van der Waals surface area contributed by atoms with Crippen molar-refractivity contribution in [3.63, 3.8) is 0 Å². The molecule has 0 N–H and O–H groups in total. The maximum Gasteiger partial charge on any atom is 0.159 e. The molecule has 0 spiro atoms. The van der Waals surface area contributed by atoms with Crippen LogP contribution in [0, 0.1) is 13.8 Å². The quantitative estimate of drug-likeness (QED) is 0.791. The first-order chi connectivity index (χ1) is 10.1. The Labute approximate surface area is 124 Å². The third-order valence-electron chi connectivity index (χ3n) is 4.01. The van der Waals surface area contributed by atoms with Crippen LogP contribution in [0.1, 0.15) is 35.5 Å². The van der Waals surface area contributed by atoms with Crippen molar-refractivity contribution in [2.75, 3.05) is 0 Å². The zero-order valence-corrected chi connectivity index (χ0v) is 12.3. The molecule has 1 heterocycles. The van der Waals surface area contributed by atoms with Gasteiger partial charge in [0.05, 0.1) is 17.3 Å². The molecule has 1 aromatic carbocycles. The van der Waals surface area contributed by atoms with Gasteiger partial charge < -0.3 is 9.53 Å². The first-order valence-electron chi connectivity index (χ1n) is 7.12. The van der Waals surface area contributed by atoms with Crippen LogP contribution >= 0.6 is 0 Å². The van der Waals surface area contributed by atoms with Crippen molar-refractivity contribution in [3.05, 3.63) is 53.1 Å². The van der Waals surface area contributed by atoms with Crippen molar-refractivity contribution in [2.24, 2.45) is 0 Å². The molecule has 21 heavy (non-hydrogen) atoms. The van der Waals surface area contributed by atoms with Crippen molar-refractivity contribution >= 4 is 6.29 Å². The molecule has 0 bridgehead atoms. The predicted molar refractivity (Wildman–Crippen MR) is 79.3 cm³/mol. The molecule has 4 nitrogen and oxygen atoms in total.